The molecule has 0 bridgehead atoms. The van der Waals surface area contributed by atoms with Crippen LogP contribution in [0.15, 0.2) is 48.5 Å². The molecule has 5 rings (SSSR count). The van der Waals surface area contributed by atoms with E-state index in [1.807, 2.05) is 0 Å². The molecule has 2 N–H and O–H groups in total. The van der Waals surface area contributed by atoms with Crippen molar-refractivity contribution in [3.8, 4) is 0 Å². The predicted molar refractivity (Wildman–Crippen MR) is 117 cm³/mol. The number of hydrogen-bond donors (Lipinski definition) is 2. The van der Waals surface area contributed by atoms with Gasteiger partial charge in [0.1, 0.15) is 0 Å². The van der Waals surface area contributed by atoms with Gasteiger partial charge >= 0.3 is 161 Å². The first-order chi connectivity index (χ1) is 14.3. The fraction of sp³-hybridized carbons (Fsp3) is 0.520. The van der Waals surface area contributed by atoms with Crippen LogP contribution in [0, 0.1) is 5.92 Å². The molecule has 2 aromatic rings. The third-order valence-electron chi connectivity index (χ3n) is 6.97. The standard InChI is InChI=1S/C25H31ClIN2/c26-22-7-6-19(14-21(22)23-16-27-23)20-9-11-29-25(15-20)24-13-18(8-10-28-24)12-17-4-2-1-3-5-17/h1-7,14,18,20,23-25,28-29H,8-13,15-16H2/q-1. The molecule has 3 aliphatic heterocycles. The molecule has 0 spiro atoms. The molecule has 2 nitrogen and oxygen atoms in total. The van der Waals surface area contributed by atoms with Crippen LogP contribution in [0.5, 0.6) is 0 Å². The molecule has 0 amide bonds. The Hall–Kier alpha value is -0.620. The van der Waals surface area contributed by atoms with Gasteiger partial charge in [0.25, 0.3) is 0 Å². The van der Waals surface area contributed by atoms with Crippen LogP contribution in [0.2, 0.25) is 5.02 Å². The Balaban J connectivity index is 1.24. The van der Waals surface area contributed by atoms with E-state index in [-0.39, 0.29) is 0 Å². The molecule has 3 fully saturated rings. The van der Waals surface area contributed by atoms with E-state index in [1.54, 1.807) is 0 Å². The molecule has 5 unspecified atom stereocenters. The third-order valence-corrected chi connectivity index (χ3v) is 9.75. The van der Waals surface area contributed by atoms with Crippen LogP contribution in [0.3, 0.4) is 0 Å². The summed E-state index contributed by atoms with van der Waals surface area (Å²) in [6, 6.07) is 19.1. The van der Waals surface area contributed by atoms with E-state index >= 15 is 0 Å². The van der Waals surface area contributed by atoms with E-state index in [0.29, 0.717) is 39.2 Å². The van der Waals surface area contributed by atoms with Crippen LogP contribution in [-0.4, -0.2) is 29.6 Å². The molecule has 0 aromatic heterocycles. The van der Waals surface area contributed by atoms with Gasteiger partial charge in [-0.25, -0.2) is 0 Å². The number of rotatable bonds is 5. The second kappa shape index (κ2) is 9.25. The Kier molecular flexibility index (Phi) is 6.47. The first-order valence-corrected chi connectivity index (χ1v) is 14.3. The van der Waals surface area contributed by atoms with Crippen LogP contribution in [0.25, 0.3) is 0 Å². The summed E-state index contributed by atoms with van der Waals surface area (Å²) in [5.74, 6) is 1.47. The molecule has 2 aromatic carbocycles. The molecule has 3 aliphatic rings. The van der Waals surface area contributed by atoms with Gasteiger partial charge in [0.2, 0.25) is 0 Å². The fourth-order valence-corrected chi connectivity index (χ4v) is 7.45. The van der Waals surface area contributed by atoms with E-state index in [0.717, 1.165) is 28.0 Å². The molecular formula is C25H31ClIN2-. The Morgan fingerprint density at radius 1 is 0.931 bits per heavy atom. The number of halogens is 2. The number of benzene rings is 2. The second-order valence-corrected chi connectivity index (χ2v) is 12.7. The normalized spacial score (nSPS) is 32.4. The number of hydrogen-bond acceptors (Lipinski definition) is 2. The zero-order chi connectivity index (χ0) is 19.6. The van der Waals surface area contributed by atoms with Gasteiger partial charge in [0.15, 0.2) is 0 Å². The van der Waals surface area contributed by atoms with Crippen molar-refractivity contribution in [2.45, 2.75) is 54.0 Å². The van der Waals surface area contributed by atoms with Gasteiger partial charge in [-0.1, -0.05) is 30.3 Å². The van der Waals surface area contributed by atoms with Crippen molar-refractivity contribution in [2.24, 2.45) is 5.92 Å². The van der Waals surface area contributed by atoms with Crippen LogP contribution in [-0.2, 0) is 6.42 Å². The zero-order valence-electron chi connectivity index (χ0n) is 16.9. The average molecular weight is 522 g/mol. The van der Waals surface area contributed by atoms with Crippen LogP contribution >= 0.6 is 11.6 Å². The molecule has 156 valence electrons. The molecule has 3 heterocycles. The summed E-state index contributed by atoms with van der Waals surface area (Å²) in [5, 5.41) is 8.70. The van der Waals surface area contributed by atoms with Crippen molar-refractivity contribution in [3.63, 3.8) is 0 Å². The monoisotopic (exact) mass is 521 g/mol. The Labute approximate surface area is 190 Å². The van der Waals surface area contributed by atoms with Crippen LogP contribution in [0.4, 0.5) is 0 Å². The summed E-state index contributed by atoms with van der Waals surface area (Å²) in [6.07, 6.45) is 6.30. The van der Waals surface area contributed by atoms with Crippen molar-refractivity contribution in [2.75, 3.05) is 17.5 Å². The first kappa shape index (κ1) is 20.3. The maximum absolute atomic E-state index is 6.50. The van der Waals surface area contributed by atoms with E-state index in [1.165, 1.54) is 53.2 Å². The minimum absolute atomic E-state index is 0.394. The molecule has 0 saturated carbocycles. The third kappa shape index (κ3) is 5.00. The number of alkyl halides is 2. The van der Waals surface area contributed by atoms with E-state index in [9.17, 15) is 0 Å². The summed E-state index contributed by atoms with van der Waals surface area (Å²) in [7, 11) is 0. The van der Waals surface area contributed by atoms with E-state index < -0.39 is 0 Å². The van der Waals surface area contributed by atoms with Crippen molar-refractivity contribution in [1.29, 1.82) is 0 Å². The second-order valence-electron chi connectivity index (χ2n) is 8.98. The van der Waals surface area contributed by atoms with Crippen LogP contribution < -0.4 is 31.8 Å². The predicted octanol–water partition coefficient (Wildman–Crippen LogP) is 1.93. The van der Waals surface area contributed by atoms with Gasteiger partial charge in [-0.05, 0) is 0 Å². The number of piperidine rings is 2. The Bertz CT molecular complexity index is 823. The number of nitrogens with one attached hydrogen (secondary N) is 2. The zero-order valence-corrected chi connectivity index (χ0v) is 19.8. The molecule has 4 heteroatoms. The summed E-state index contributed by atoms with van der Waals surface area (Å²) >= 11 is 6.89. The van der Waals surface area contributed by atoms with Crippen molar-refractivity contribution in [1.82, 2.24) is 10.6 Å². The quantitative estimate of drug-likeness (QED) is 0.464. The van der Waals surface area contributed by atoms with Crippen molar-refractivity contribution in [3.05, 3.63) is 70.2 Å². The molecule has 29 heavy (non-hydrogen) atoms. The van der Waals surface area contributed by atoms with Gasteiger partial charge in [-0.3, -0.25) is 0 Å². The maximum atomic E-state index is 6.50. The van der Waals surface area contributed by atoms with Gasteiger partial charge in [-0.15, -0.1) is 0 Å². The summed E-state index contributed by atoms with van der Waals surface area (Å²) in [4.78, 5) is 0. The van der Waals surface area contributed by atoms with Crippen molar-refractivity contribution >= 4 is 11.6 Å². The fourth-order valence-electron chi connectivity index (χ4n) is 5.30. The van der Waals surface area contributed by atoms with Crippen LogP contribution in [0.1, 0.15) is 52.2 Å². The SMILES string of the molecule is Clc1ccc(C2CCNC(C3CC(Cc4ccccc4)CCN3)C2)cc1C1C[I-]1. The average Bonchev–Trinajstić information content (AvgIpc) is 3.60. The summed E-state index contributed by atoms with van der Waals surface area (Å²) in [5.41, 5.74) is 4.47. The minimum atomic E-state index is 0.394. The molecule has 5 atom stereocenters. The summed E-state index contributed by atoms with van der Waals surface area (Å²) < 4.78 is 2.25. The molecule has 0 radical (unpaired) electrons. The molecule has 0 aliphatic carbocycles. The van der Waals surface area contributed by atoms with E-state index in [2.05, 4.69) is 59.2 Å². The molecule has 3 saturated heterocycles. The Morgan fingerprint density at radius 2 is 1.69 bits per heavy atom. The van der Waals surface area contributed by atoms with Gasteiger partial charge in [0.05, 0.1) is 0 Å². The topological polar surface area (TPSA) is 24.1 Å². The van der Waals surface area contributed by atoms with E-state index in [4.69, 9.17) is 11.6 Å². The van der Waals surface area contributed by atoms with Crippen molar-refractivity contribution < 1.29 is 21.2 Å². The Morgan fingerprint density at radius 3 is 2.48 bits per heavy atom. The summed E-state index contributed by atoms with van der Waals surface area (Å²) in [6.45, 7) is 2.28. The first-order valence-electron chi connectivity index (χ1n) is 11.1. The van der Waals surface area contributed by atoms with Gasteiger partial charge < -0.3 is 0 Å². The molecular weight excluding hydrogens is 491 g/mol. The van der Waals surface area contributed by atoms with Gasteiger partial charge in [-0.2, -0.15) is 0 Å². The van der Waals surface area contributed by atoms with Gasteiger partial charge in [0, 0.05) is 0 Å².